The third-order valence-corrected chi connectivity index (χ3v) is 7.53. The van der Waals surface area contributed by atoms with Gasteiger partial charge < -0.3 is 18.9 Å². The van der Waals surface area contributed by atoms with Gasteiger partial charge in [-0.15, -0.1) is 0 Å². The zero-order chi connectivity index (χ0) is 36.5. The van der Waals surface area contributed by atoms with Gasteiger partial charge in [0.05, 0.1) is 0 Å². The summed E-state index contributed by atoms with van der Waals surface area (Å²) in [4.78, 5) is 48.8. The first-order chi connectivity index (χ1) is 23.7. The van der Waals surface area contributed by atoms with E-state index in [-0.39, 0.29) is 34.1 Å². The molecule has 254 valence electrons. The lowest BCUT2D eigenvalue weighted by Crippen LogP contribution is -2.16. The van der Waals surface area contributed by atoms with E-state index in [9.17, 15) is 19.2 Å². The molecule has 0 atom stereocenters. The molecule has 0 aromatic heterocycles. The fraction of sp³-hybridized carbons (Fsp3) is 0.143. The van der Waals surface area contributed by atoms with Gasteiger partial charge in [-0.2, -0.15) is 0 Å². The maximum atomic E-state index is 12.2. The zero-order valence-corrected chi connectivity index (χ0v) is 28.5. The number of esters is 4. The zero-order valence-electron chi connectivity index (χ0n) is 28.5. The fourth-order valence-electron chi connectivity index (χ4n) is 4.90. The number of ether oxygens (including phenoxy) is 4. The number of rotatable bonds is 13. The van der Waals surface area contributed by atoms with Gasteiger partial charge in [0.2, 0.25) is 0 Å². The molecule has 8 nitrogen and oxygen atoms in total. The highest BCUT2D eigenvalue weighted by Gasteiger charge is 2.29. The number of carbonyl (C=O) groups is 4. The van der Waals surface area contributed by atoms with Gasteiger partial charge in [0.15, 0.2) is 0 Å². The van der Waals surface area contributed by atoms with Crippen LogP contribution in [0.3, 0.4) is 0 Å². The van der Waals surface area contributed by atoms with Gasteiger partial charge in [0, 0.05) is 34.1 Å². The van der Waals surface area contributed by atoms with Crippen LogP contribution in [0, 0.1) is 0 Å². The van der Waals surface area contributed by atoms with Crippen molar-refractivity contribution in [2.45, 2.75) is 39.5 Å². The molecule has 0 N–H and O–H groups in total. The van der Waals surface area contributed by atoms with E-state index >= 15 is 0 Å². The molecule has 0 aliphatic carbocycles. The number of carbonyl (C=O) groups excluding carboxylic acids is 4. The van der Waals surface area contributed by atoms with E-state index in [1.165, 1.54) is 0 Å². The molecule has 0 saturated carbocycles. The maximum absolute atomic E-state index is 12.2. The van der Waals surface area contributed by atoms with Crippen LogP contribution < -0.4 is 18.9 Å². The first kappa shape index (κ1) is 36.6. The molecule has 0 aliphatic rings. The highest BCUT2D eigenvalue weighted by Crippen LogP contribution is 2.44. The lowest BCUT2D eigenvalue weighted by molar-refractivity contribution is -0.130. The Balaban J connectivity index is 1.86. The molecular formula is C42H38O8. The minimum absolute atomic E-state index is 0.272. The molecule has 0 saturated heterocycles. The van der Waals surface area contributed by atoms with Gasteiger partial charge in [-0.05, 0) is 98.5 Å². The summed E-state index contributed by atoms with van der Waals surface area (Å²) in [6, 6.07) is 28.7. The number of hydrogen-bond acceptors (Lipinski definition) is 8. The predicted octanol–water partition coefficient (Wildman–Crippen LogP) is 8.58. The summed E-state index contributed by atoms with van der Waals surface area (Å²) in [5.74, 6) is -1.45. The van der Waals surface area contributed by atoms with Crippen LogP contribution in [0.5, 0.6) is 23.0 Å². The molecule has 0 radical (unpaired) electrons. The SMILES string of the molecule is C=C(C)C(=O)Oc1ccc(C(c2ccc(OC(=O)C(=C)C)cc2)C(c2ccc(OC(=O)C(=C)C)cc2)c2ccc(OC(=O)C(=C)C)cc2)cc1. The van der Waals surface area contributed by atoms with Crippen LogP contribution >= 0.6 is 0 Å². The second-order valence-electron chi connectivity index (χ2n) is 11.9. The Hall–Kier alpha value is -6.28. The summed E-state index contributed by atoms with van der Waals surface area (Å²) in [7, 11) is 0. The van der Waals surface area contributed by atoms with E-state index in [0.29, 0.717) is 23.0 Å². The molecule has 0 spiro atoms. The van der Waals surface area contributed by atoms with Crippen LogP contribution in [-0.4, -0.2) is 23.9 Å². The Morgan fingerprint density at radius 3 is 0.660 bits per heavy atom. The normalized spacial score (nSPS) is 10.6. The smallest absolute Gasteiger partial charge is 0.338 e. The van der Waals surface area contributed by atoms with Crippen molar-refractivity contribution in [2.75, 3.05) is 0 Å². The molecular weight excluding hydrogens is 632 g/mol. The van der Waals surface area contributed by atoms with Crippen LogP contribution in [0.2, 0.25) is 0 Å². The molecule has 4 aromatic rings. The van der Waals surface area contributed by atoms with Crippen molar-refractivity contribution < 1.29 is 38.1 Å². The summed E-state index contributed by atoms with van der Waals surface area (Å²) < 4.78 is 21.8. The Bertz CT molecular complexity index is 1660. The van der Waals surface area contributed by atoms with E-state index in [0.717, 1.165) is 22.3 Å². The second kappa shape index (κ2) is 16.2. The Morgan fingerprint density at radius 1 is 0.360 bits per heavy atom. The average molecular weight is 671 g/mol. The van der Waals surface area contributed by atoms with Crippen molar-refractivity contribution in [3.63, 3.8) is 0 Å². The van der Waals surface area contributed by atoms with Gasteiger partial charge in [-0.1, -0.05) is 74.8 Å². The Kier molecular flexibility index (Phi) is 11.9. The second-order valence-corrected chi connectivity index (χ2v) is 11.9. The molecule has 8 heteroatoms. The maximum Gasteiger partial charge on any atom is 0.338 e. The number of benzene rings is 4. The van der Waals surface area contributed by atoms with Crippen LogP contribution in [0.4, 0.5) is 0 Å². The third-order valence-electron chi connectivity index (χ3n) is 7.53. The van der Waals surface area contributed by atoms with Gasteiger partial charge >= 0.3 is 23.9 Å². The molecule has 4 aromatic carbocycles. The predicted molar refractivity (Wildman–Crippen MR) is 191 cm³/mol. The Morgan fingerprint density at radius 2 is 0.520 bits per heavy atom. The minimum atomic E-state index is -0.535. The van der Waals surface area contributed by atoms with Crippen molar-refractivity contribution in [3.8, 4) is 23.0 Å². The van der Waals surface area contributed by atoms with Crippen LogP contribution in [-0.2, 0) is 19.2 Å². The summed E-state index contributed by atoms with van der Waals surface area (Å²) in [5.41, 5.74) is 4.56. The van der Waals surface area contributed by atoms with E-state index in [2.05, 4.69) is 26.3 Å². The van der Waals surface area contributed by atoms with Crippen molar-refractivity contribution >= 4 is 23.9 Å². The topological polar surface area (TPSA) is 105 Å². The molecule has 4 rings (SSSR count). The first-order valence-corrected chi connectivity index (χ1v) is 15.6. The Labute approximate surface area is 292 Å². The molecule has 0 fully saturated rings. The standard InChI is InChI=1S/C42H38O8/c1-25(2)39(43)47-33-17-9-29(10-18-33)37(30-11-19-34(20-12-30)48-40(44)26(3)4)38(31-13-21-35(22-14-31)49-41(45)27(5)6)32-15-23-36(24-16-32)50-42(46)28(7)8/h9-24,37-38H,1,3,5,7H2,2,4,6,8H3. The molecule has 0 heterocycles. The van der Waals surface area contributed by atoms with Crippen LogP contribution in [0.25, 0.3) is 0 Å². The molecule has 0 unspecified atom stereocenters. The van der Waals surface area contributed by atoms with Crippen LogP contribution in [0.1, 0.15) is 61.8 Å². The van der Waals surface area contributed by atoms with Crippen LogP contribution in [0.15, 0.2) is 146 Å². The summed E-state index contributed by atoms with van der Waals surface area (Å²) >= 11 is 0. The largest absolute Gasteiger partial charge is 0.423 e. The fourth-order valence-corrected chi connectivity index (χ4v) is 4.90. The summed E-state index contributed by atoms with van der Waals surface area (Å²) in [6.07, 6.45) is 0. The van der Waals surface area contributed by atoms with Gasteiger partial charge in [0.25, 0.3) is 0 Å². The lowest BCUT2D eigenvalue weighted by atomic mass is 9.73. The highest BCUT2D eigenvalue weighted by atomic mass is 16.5. The quantitative estimate of drug-likeness (QED) is 0.0792. The van der Waals surface area contributed by atoms with Gasteiger partial charge in [0.1, 0.15) is 23.0 Å². The third kappa shape index (κ3) is 9.41. The first-order valence-electron chi connectivity index (χ1n) is 15.6. The lowest BCUT2D eigenvalue weighted by Gasteiger charge is -2.30. The van der Waals surface area contributed by atoms with Crippen molar-refractivity contribution in [1.29, 1.82) is 0 Å². The molecule has 0 amide bonds. The monoisotopic (exact) mass is 670 g/mol. The van der Waals surface area contributed by atoms with Crippen molar-refractivity contribution in [3.05, 3.63) is 168 Å². The number of hydrogen-bond donors (Lipinski definition) is 0. The van der Waals surface area contributed by atoms with Crippen molar-refractivity contribution in [2.24, 2.45) is 0 Å². The molecule has 0 aliphatic heterocycles. The average Bonchev–Trinajstić information content (AvgIpc) is 3.09. The minimum Gasteiger partial charge on any atom is -0.423 e. The molecule has 50 heavy (non-hydrogen) atoms. The van der Waals surface area contributed by atoms with Gasteiger partial charge in [-0.25, -0.2) is 19.2 Å². The van der Waals surface area contributed by atoms with E-state index in [4.69, 9.17) is 18.9 Å². The molecule has 0 bridgehead atoms. The summed E-state index contributed by atoms with van der Waals surface area (Å²) in [5, 5.41) is 0. The highest BCUT2D eigenvalue weighted by molar-refractivity contribution is 5.90. The van der Waals surface area contributed by atoms with E-state index < -0.39 is 23.9 Å². The van der Waals surface area contributed by atoms with Gasteiger partial charge in [-0.3, -0.25) is 0 Å². The summed E-state index contributed by atoms with van der Waals surface area (Å²) in [6.45, 7) is 20.9. The van der Waals surface area contributed by atoms with Crippen molar-refractivity contribution in [1.82, 2.24) is 0 Å². The van der Waals surface area contributed by atoms with E-state index in [1.54, 1.807) is 76.2 Å². The van der Waals surface area contributed by atoms with E-state index in [1.807, 2.05) is 48.5 Å².